The Balaban J connectivity index is 2.64. The number of allylic oxidation sites excluding steroid dienone is 3. The lowest BCUT2D eigenvalue weighted by molar-refractivity contribution is -0.205. The summed E-state index contributed by atoms with van der Waals surface area (Å²) >= 11 is 0. The van der Waals surface area contributed by atoms with Gasteiger partial charge < -0.3 is 15.3 Å². The molecule has 0 bridgehead atoms. The van der Waals surface area contributed by atoms with Crippen LogP contribution in [0.25, 0.3) is 0 Å². The Hall–Kier alpha value is -1.32. The summed E-state index contributed by atoms with van der Waals surface area (Å²) in [6, 6.07) is 0. The Morgan fingerprint density at radius 1 is 1.10 bits per heavy atom. The first-order valence-corrected chi connectivity index (χ1v) is 10.3. The maximum Gasteiger partial charge on any atom is 0.416 e. The van der Waals surface area contributed by atoms with Crippen molar-refractivity contribution in [1.82, 2.24) is 0 Å². The molecule has 1 aliphatic carbocycles. The molecule has 1 unspecified atom stereocenters. The molecule has 0 saturated heterocycles. The summed E-state index contributed by atoms with van der Waals surface area (Å²) in [5, 5.41) is 28.6. The summed E-state index contributed by atoms with van der Waals surface area (Å²) in [5.74, 6) is 0. The zero-order chi connectivity index (χ0) is 24.0. The minimum atomic E-state index is -4.66. The maximum absolute atomic E-state index is 13.5. The number of hydrogen-bond donors (Lipinski definition) is 3. The van der Waals surface area contributed by atoms with E-state index >= 15 is 0 Å². The molecular weight excluding hydrogens is 426 g/mol. The lowest BCUT2D eigenvalue weighted by Gasteiger charge is -2.29. The number of aliphatic hydroxyl groups excluding tert-OH is 3. The summed E-state index contributed by atoms with van der Waals surface area (Å²) in [7, 11) is 0. The summed E-state index contributed by atoms with van der Waals surface area (Å²) in [6.07, 6.45) is -10.1. The average molecular weight is 458 g/mol. The van der Waals surface area contributed by atoms with E-state index in [1.54, 1.807) is 0 Å². The standard InChI is InChI=1S/C22H32F6O3/c1-14-16(12-15(29)13-18(14)30)17(21(23,24)25)8-5-4-6-10-20(2,3)11-7-9-19(31)22(26,27)28/h5,8,15,18-19,29-31H,1,4,6-7,9-13H2,2-3H3/t15-,18+,19?/m1/s1. The molecule has 1 saturated carbocycles. The highest BCUT2D eigenvalue weighted by atomic mass is 19.4. The van der Waals surface area contributed by atoms with Crippen LogP contribution < -0.4 is 0 Å². The van der Waals surface area contributed by atoms with Crippen molar-refractivity contribution in [2.24, 2.45) is 5.41 Å². The fourth-order valence-corrected chi connectivity index (χ4v) is 3.66. The van der Waals surface area contributed by atoms with E-state index in [2.05, 4.69) is 6.58 Å². The van der Waals surface area contributed by atoms with Crippen molar-refractivity contribution in [2.75, 3.05) is 0 Å². The van der Waals surface area contributed by atoms with E-state index in [0.717, 1.165) is 6.08 Å². The first-order chi connectivity index (χ1) is 14.0. The first kappa shape index (κ1) is 27.7. The van der Waals surface area contributed by atoms with Crippen molar-refractivity contribution in [3.63, 3.8) is 0 Å². The highest BCUT2D eigenvalue weighted by Gasteiger charge is 2.39. The Kier molecular flexibility index (Phi) is 9.84. The summed E-state index contributed by atoms with van der Waals surface area (Å²) < 4.78 is 77.5. The van der Waals surface area contributed by atoms with Crippen LogP contribution in [0.2, 0.25) is 0 Å². The van der Waals surface area contributed by atoms with Gasteiger partial charge >= 0.3 is 12.4 Å². The van der Waals surface area contributed by atoms with E-state index in [4.69, 9.17) is 5.11 Å². The third-order valence-corrected chi connectivity index (χ3v) is 5.57. The molecule has 3 nitrogen and oxygen atoms in total. The Morgan fingerprint density at radius 2 is 1.68 bits per heavy atom. The van der Waals surface area contributed by atoms with Crippen LogP contribution in [0.1, 0.15) is 65.2 Å². The Labute approximate surface area is 179 Å². The van der Waals surface area contributed by atoms with Crippen molar-refractivity contribution in [3.8, 4) is 0 Å². The molecule has 0 spiro atoms. The Bertz CT molecular complexity index is 661. The molecule has 3 atom stereocenters. The van der Waals surface area contributed by atoms with Crippen LogP contribution >= 0.6 is 0 Å². The van der Waals surface area contributed by atoms with E-state index in [1.165, 1.54) is 6.08 Å². The molecule has 1 rings (SSSR count). The highest BCUT2D eigenvalue weighted by Crippen LogP contribution is 2.38. The number of aliphatic hydroxyl groups is 3. The van der Waals surface area contributed by atoms with Gasteiger partial charge in [0.2, 0.25) is 0 Å². The van der Waals surface area contributed by atoms with Gasteiger partial charge in [0.25, 0.3) is 0 Å². The van der Waals surface area contributed by atoms with Gasteiger partial charge in [-0.1, -0.05) is 32.6 Å². The molecule has 0 aliphatic heterocycles. The quantitative estimate of drug-likeness (QED) is 0.304. The van der Waals surface area contributed by atoms with Crippen LogP contribution in [-0.4, -0.2) is 46.0 Å². The molecule has 0 aromatic carbocycles. The van der Waals surface area contributed by atoms with Crippen molar-refractivity contribution < 1.29 is 41.7 Å². The molecule has 0 heterocycles. The number of hydrogen-bond acceptors (Lipinski definition) is 3. The zero-order valence-corrected chi connectivity index (χ0v) is 17.9. The van der Waals surface area contributed by atoms with E-state index < -0.39 is 36.2 Å². The normalized spacial score (nSPS) is 24.0. The van der Waals surface area contributed by atoms with Crippen LogP contribution in [0.3, 0.4) is 0 Å². The van der Waals surface area contributed by atoms with Gasteiger partial charge in [0.15, 0.2) is 0 Å². The number of alkyl halides is 6. The van der Waals surface area contributed by atoms with Crippen LogP contribution in [0.15, 0.2) is 35.5 Å². The SMILES string of the molecule is C=C1C(=C(C=CCCCC(C)(C)CCCC(O)C(F)(F)F)C(F)(F)F)C[C@@H](O)C[C@@H]1O. The fourth-order valence-electron chi connectivity index (χ4n) is 3.66. The maximum atomic E-state index is 13.5. The molecule has 180 valence electrons. The van der Waals surface area contributed by atoms with E-state index in [1.807, 2.05) is 13.8 Å². The smallest absolute Gasteiger partial charge is 0.393 e. The largest absolute Gasteiger partial charge is 0.416 e. The highest BCUT2D eigenvalue weighted by molar-refractivity contribution is 5.45. The van der Waals surface area contributed by atoms with Gasteiger partial charge in [-0.25, -0.2) is 0 Å². The molecule has 3 N–H and O–H groups in total. The predicted molar refractivity (Wildman–Crippen MR) is 106 cm³/mol. The van der Waals surface area contributed by atoms with Crippen LogP contribution in [0, 0.1) is 5.41 Å². The molecule has 31 heavy (non-hydrogen) atoms. The molecule has 1 aliphatic rings. The molecule has 0 radical (unpaired) electrons. The van der Waals surface area contributed by atoms with Gasteiger partial charge in [-0.05, 0) is 61.5 Å². The minimum Gasteiger partial charge on any atom is -0.393 e. The van der Waals surface area contributed by atoms with Crippen molar-refractivity contribution >= 4 is 0 Å². The monoisotopic (exact) mass is 458 g/mol. The van der Waals surface area contributed by atoms with Crippen LogP contribution in [0.4, 0.5) is 26.3 Å². The molecule has 0 aromatic rings. The number of unbranched alkanes of at least 4 members (excludes halogenated alkanes) is 1. The van der Waals surface area contributed by atoms with Gasteiger partial charge in [0, 0.05) is 6.42 Å². The number of rotatable bonds is 9. The lowest BCUT2D eigenvalue weighted by atomic mass is 9.81. The van der Waals surface area contributed by atoms with Gasteiger partial charge in [-0.2, -0.15) is 26.3 Å². The van der Waals surface area contributed by atoms with Crippen molar-refractivity contribution in [3.05, 3.63) is 35.5 Å². The van der Waals surface area contributed by atoms with Gasteiger partial charge in [-0.3, -0.25) is 0 Å². The molecule has 1 fully saturated rings. The summed E-state index contributed by atoms with van der Waals surface area (Å²) in [5.41, 5.74) is -1.48. The van der Waals surface area contributed by atoms with E-state index in [0.29, 0.717) is 25.7 Å². The van der Waals surface area contributed by atoms with E-state index in [9.17, 15) is 36.6 Å². The molecule has 9 heteroatoms. The summed E-state index contributed by atoms with van der Waals surface area (Å²) in [6.45, 7) is 7.28. The zero-order valence-electron chi connectivity index (χ0n) is 17.9. The second kappa shape index (κ2) is 11.0. The van der Waals surface area contributed by atoms with E-state index in [-0.39, 0.29) is 42.2 Å². The second-order valence-electron chi connectivity index (χ2n) is 8.93. The molecular formula is C22H32F6O3. The third kappa shape index (κ3) is 9.37. The van der Waals surface area contributed by atoms with Gasteiger partial charge in [0.05, 0.1) is 17.8 Å². The van der Waals surface area contributed by atoms with Gasteiger partial charge in [-0.15, -0.1) is 0 Å². The van der Waals surface area contributed by atoms with Crippen LogP contribution in [0.5, 0.6) is 0 Å². The molecule has 0 aromatic heterocycles. The lowest BCUT2D eigenvalue weighted by Crippen LogP contribution is -2.29. The molecule has 0 amide bonds. The summed E-state index contributed by atoms with van der Waals surface area (Å²) in [4.78, 5) is 0. The van der Waals surface area contributed by atoms with Crippen molar-refractivity contribution in [2.45, 2.75) is 95.9 Å². The van der Waals surface area contributed by atoms with Gasteiger partial charge in [0.1, 0.15) is 6.10 Å². The average Bonchev–Trinajstić information content (AvgIpc) is 2.59. The van der Waals surface area contributed by atoms with Crippen LogP contribution in [-0.2, 0) is 0 Å². The topological polar surface area (TPSA) is 60.7 Å². The fraction of sp³-hybridized carbons (Fsp3) is 0.727. The second-order valence-corrected chi connectivity index (χ2v) is 8.93. The third-order valence-electron chi connectivity index (χ3n) is 5.57. The number of halogens is 6. The predicted octanol–water partition coefficient (Wildman–Crippen LogP) is 5.76. The first-order valence-electron chi connectivity index (χ1n) is 10.3. The minimum absolute atomic E-state index is 0.0375. The Morgan fingerprint density at radius 3 is 2.23 bits per heavy atom. The van der Waals surface area contributed by atoms with Crippen molar-refractivity contribution in [1.29, 1.82) is 0 Å².